The summed E-state index contributed by atoms with van der Waals surface area (Å²) in [6, 6.07) is 5.92. The van der Waals surface area contributed by atoms with Crippen molar-refractivity contribution >= 4 is 5.69 Å². The van der Waals surface area contributed by atoms with E-state index in [1.165, 1.54) is 0 Å². The van der Waals surface area contributed by atoms with E-state index >= 15 is 0 Å². The summed E-state index contributed by atoms with van der Waals surface area (Å²) in [7, 11) is 0. The molecule has 0 amide bonds. The molecule has 1 unspecified atom stereocenters. The summed E-state index contributed by atoms with van der Waals surface area (Å²) in [5, 5.41) is 3.50. The Hall–Kier alpha value is -1.09. The summed E-state index contributed by atoms with van der Waals surface area (Å²) in [6.07, 6.45) is 2.23. The largest absolute Gasteiger partial charge is 0.368 e. The van der Waals surface area contributed by atoms with Crippen LogP contribution in [0.4, 0.5) is 10.1 Å². The molecule has 1 saturated heterocycles. The van der Waals surface area contributed by atoms with Crippen LogP contribution in [0.2, 0.25) is 0 Å². The number of benzene rings is 1. The predicted octanol–water partition coefficient (Wildman–Crippen LogP) is 2.71. The number of rotatable bonds is 2. The molecule has 1 aliphatic rings. The minimum absolute atomic E-state index is 0.106. The Morgan fingerprint density at radius 1 is 1.41 bits per heavy atom. The van der Waals surface area contributed by atoms with E-state index in [-0.39, 0.29) is 5.82 Å². The highest BCUT2D eigenvalue weighted by molar-refractivity contribution is 5.50. The molecule has 1 fully saturated rings. The smallest absolute Gasteiger partial charge is 0.146 e. The Morgan fingerprint density at radius 2 is 2.24 bits per heavy atom. The molecule has 0 saturated carbocycles. The SMILES string of the molecule is CCC1CCN(c2cc(C)ccc2F)CCN1. The molecule has 3 heteroatoms. The van der Waals surface area contributed by atoms with E-state index in [1.807, 2.05) is 19.1 Å². The van der Waals surface area contributed by atoms with Crippen LogP contribution in [-0.4, -0.2) is 25.7 Å². The molecule has 1 aliphatic heterocycles. The fourth-order valence-electron chi connectivity index (χ4n) is 2.38. The van der Waals surface area contributed by atoms with Crippen LogP contribution in [0.3, 0.4) is 0 Å². The minimum atomic E-state index is -0.106. The molecular weight excluding hydrogens is 215 g/mol. The van der Waals surface area contributed by atoms with Gasteiger partial charge < -0.3 is 10.2 Å². The summed E-state index contributed by atoms with van der Waals surface area (Å²) >= 11 is 0. The second-order valence-electron chi connectivity index (χ2n) is 4.79. The molecule has 1 aromatic rings. The lowest BCUT2D eigenvalue weighted by Crippen LogP contribution is -2.30. The van der Waals surface area contributed by atoms with Gasteiger partial charge in [-0.25, -0.2) is 4.39 Å². The fourth-order valence-corrected chi connectivity index (χ4v) is 2.38. The molecule has 94 valence electrons. The summed E-state index contributed by atoms with van der Waals surface area (Å²) in [5.74, 6) is -0.106. The van der Waals surface area contributed by atoms with Crippen molar-refractivity contribution in [2.45, 2.75) is 32.7 Å². The third-order valence-electron chi connectivity index (χ3n) is 3.50. The van der Waals surface area contributed by atoms with Crippen molar-refractivity contribution in [3.8, 4) is 0 Å². The Bertz CT molecular complexity index is 378. The fraction of sp³-hybridized carbons (Fsp3) is 0.571. The zero-order chi connectivity index (χ0) is 12.3. The van der Waals surface area contributed by atoms with E-state index in [2.05, 4.69) is 17.1 Å². The molecular formula is C14H21FN2. The van der Waals surface area contributed by atoms with Crippen molar-refractivity contribution in [1.82, 2.24) is 5.32 Å². The molecule has 0 aliphatic carbocycles. The van der Waals surface area contributed by atoms with E-state index in [0.29, 0.717) is 6.04 Å². The number of hydrogen-bond acceptors (Lipinski definition) is 2. The lowest BCUT2D eigenvalue weighted by atomic mass is 10.1. The molecule has 1 aromatic carbocycles. The first kappa shape index (κ1) is 12.4. The lowest BCUT2D eigenvalue weighted by Gasteiger charge is -2.23. The van der Waals surface area contributed by atoms with E-state index in [4.69, 9.17) is 0 Å². The van der Waals surface area contributed by atoms with Crippen LogP contribution in [0.1, 0.15) is 25.3 Å². The molecule has 0 aromatic heterocycles. The Labute approximate surface area is 103 Å². The number of nitrogens with zero attached hydrogens (tertiary/aromatic N) is 1. The summed E-state index contributed by atoms with van der Waals surface area (Å²) in [6.45, 7) is 6.96. The van der Waals surface area contributed by atoms with Crippen LogP contribution in [0.25, 0.3) is 0 Å². The van der Waals surface area contributed by atoms with Gasteiger partial charge in [0.15, 0.2) is 0 Å². The first-order valence-electron chi connectivity index (χ1n) is 6.45. The number of nitrogens with one attached hydrogen (secondary N) is 1. The van der Waals surface area contributed by atoms with Crippen LogP contribution in [0.15, 0.2) is 18.2 Å². The zero-order valence-electron chi connectivity index (χ0n) is 10.7. The second-order valence-corrected chi connectivity index (χ2v) is 4.79. The molecule has 0 radical (unpaired) electrons. The summed E-state index contributed by atoms with van der Waals surface area (Å²) in [4.78, 5) is 2.16. The summed E-state index contributed by atoms with van der Waals surface area (Å²) in [5.41, 5.74) is 1.87. The van der Waals surface area contributed by atoms with E-state index < -0.39 is 0 Å². The van der Waals surface area contributed by atoms with Gasteiger partial charge in [-0.15, -0.1) is 0 Å². The van der Waals surface area contributed by atoms with E-state index in [0.717, 1.165) is 43.7 Å². The van der Waals surface area contributed by atoms with Crippen molar-refractivity contribution in [3.05, 3.63) is 29.6 Å². The van der Waals surface area contributed by atoms with Crippen LogP contribution in [0, 0.1) is 12.7 Å². The normalized spacial score (nSPS) is 21.4. The van der Waals surface area contributed by atoms with Gasteiger partial charge in [0.25, 0.3) is 0 Å². The Morgan fingerprint density at radius 3 is 3.00 bits per heavy atom. The molecule has 2 nitrogen and oxygen atoms in total. The average molecular weight is 236 g/mol. The molecule has 2 rings (SSSR count). The van der Waals surface area contributed by atoms with Crippen molar-refractivity contribution in [3.63, 3.8) is 0 Å². The summed E-state index contributed by atoms with van der Waals surface area (Å²) < 4.78 is 13.8. The van der Waals surface area contributed by atoms with Gasteiger partial charge >= 0.3 is 0 Å². The van der Waals surface area contributed by atoms with Gasteiger partial charge in [-0.1, -0.05) is 13.0 Å². The average Bonchev–Trinajstić information content (AvgIpc) is 2.57. The zero-order valence-corrected chi connectivity index (χ0v) is 10.7. The predicted molar refractivity (Wildman–Crippen MR) is 70.0 cm³/mol. The molecule has 17 heavy (non-hydrogen) atoms. The highest BCUT2D eigenvalue weighted by Crippen LogP contribution is 2.22. The first-order valence-corrected chi connectivity index (χ1v) is 6.45. The van der Waals surface area contributed by atoms with Gasteiger partial charge in [0.1, 0.15) is 5.82 Å². The quantitative estimate of drug-likeness (QED) is 0.849. The van der Waals surface area contributed by atoms with Crippen molar-refractivity contribution in [2.24, 2.45) is 0 Å². The molecule has 1 heterocycles. The lowest BCUT2D eigenvalue weighted by molar-refractivity contribution is 0.509. The third kappa shape index (κ3) is 2.97. The first-order chi connectivity index (χ1) is 8.20. The maximum atomic E-state index is 13.8. The van der Waals surface area contributed by atoms with E-state index in [9.17, 15) is 4.39 Å². The number of halogens is 1. The maximum absolute atomic E-state index is 13.8. The topological polar surface area (TPSA) is 15.3 Å². The van der Waals surface area contributed by atoms with Gasteiger partial charge in [-0.2, -0.15) is 0 Å². The number of aryl methyl sites for hydroxylation is 1. The molecule has 0 bridgehead atoms. The monoisotopic (exact) mass is 236 g/mol. The highest BCUT2D eigenvalue weighted by atomic mass is 19.1. The van der Waals surface area contributed by atoms with Gasteiger partial charge in [0.2, 0.25) is 0 Å². The van der Waals surface area contributed by atoms with Gasteiger partial charge in [0.05, 0.1) is 5.69 Å². The van der Waals surface area contributed by atoms with Crippen LogP contribution < -0.4 is 10.2 Å². The van der Waals surface area contributed by atoms with E-state index in [1.54, 1.807) is 6.07 Å². The standard InChI is InChI=1S/C14H21FN2/c1-3-12-6-8-17(9-7-16-12)14-10-11(2)4-5-13(14)15/h4-5,10,12,16H,3,6-9H2,1-2H3. The highest BCUT2D eigenvalue weighted by Gasteiger charge is 2.17. The number of anilines is 1. The van der Waals surface area contributed by atoms with Gasteiger partial charge in [-0.05, 0) is 37.5 Å². The molecule has 1 atom stereocenters. The molecule has 0 spiro atoms. The van der Waals surface area contributed by atoms with Crippen molar-refractivity contribution in [1.29, 1.82) is 0 Å². The Kier molecular flexibility index (Phi) is 4.00. The maximum Gasteiger partial charge on any atom is 0.146 e. The minimum Gasteiger partial charge on any atom is -0.368 e. The van der Waals surface area contributed by atoms with Crippen molar-refractivity contribution in [2.75, 3.05) is 24.5 Å². The number of hydrogen-bond donors (Lipinski definition) is 1. The van der Waals surface area contributed by atoms with Crippen LogP contribution in [-0.2, 0) is 0 Å². The van der Waals surface area contributed by atoms with Gasteiger partial charge in [0, 0.05) is 25.7 Å². The second kappa shape index (κ2) is 5.50. The molecule has 1 N–H and O–H groups in total. The van der Waals surface area contributed by atoms with Crippen LogP contribution >= 0.6 is 0 Å². The Balaban J connectivity index is 2.13. The third-order valence-corrected chi connectivity index (χ3v) is 3.50. The van der Waals surface area contributed by atoms with Crippen LogP contribution in [0.5, 0.6) is 0 Å². The van der Waals surface area contributed by atoms with Crippen molar-refractivity contribution < 1.29 is 4.39 Å². The van der Waals surface area contributed by atoms with Gasteiger partial charge in [-0.3, -0.25) is 0 Å².